The highest BCUT2D eigenvalue weighted by atomic mass is 16.5. The number of hydrogen-bond acceptors (Lipinski definition) is 5. The van der Waals surface area contributed by atoms with E-state index in [-0.39, 0.29) is 17.7 Å². The summed E-state index contributed by atoms with van der Waals surface area (Å²) in [6.07, 6.45) is -0.379. The number of fused-ring (bicyclic) bond motifs is 3. The van der Waals surface area contributed by atoms with Gasteiger partial charge in [0.05, 0.1) is 17.9 Å². The second-order valence-electron chi connectivity index (χ2n) is 8.96. The first-order valence-electron chi connectivity index (χ1n) is 11.3. The summed E-state index contributed by atoms with van der Waals surface area (Å²) >= 11 is 0. The summed E-state index contributed by atoms with van der Waals surface area (Å²) < 4.78 is 6.25. The van der Waals surface area contributed by atoms with E-state index >= 15 is 0 Å². The van der Waals surface area contributed by atoms with Gasteiger partial charge in [0, 0.05) is 17.7 Å². The topological polar surface area (TPSA) is 80.8 Å². The lowest BCUT2D eigenvalue weighted by atomic mass is 9.77. The Hall–Kier alpha value is -3.90. The minimum absolute atomic E-state index is 0.182. The molecule has 1 aliphatic carbocycles. The number of rotatable bonds is 4. The normalized spacial score (nSPS) is 24.7. The van der Waals surface area contributed by atoms with E-state index in [0.717, 1.165) is 5.56 Å². The maximum atomic E-state index is 13.7. The van der Waals surface area contributed by atoms with Crippen LogP contribution < -0.4 is 0 Å². The molecule has 0 saturated carbocycles. The smallest absolute Gasteiger partial charge is 0.237 e. The summed E-state index contributed by atoms with van der Waals surface area (Å²) in [6, 6.07) is 25.1. The molecule has 168 valence electrons. The Balaban J connectivity index is 1.43. The van der Waals surface area contributed by atoms with Gasteiger partial charge < -0.3 is 4.74 Å². The van der Waals surface area contributed by atoms with Gasteiger partial charge in [0.25, 0.3) is 0 Å². The van der Waals surface area contributed by atoms with Crippen molar-refractivity contribution in [3.63, 3.8) is 0 Å². The number of imide groups is 1. The van der Waals surface area contributed by atoms with Crippen LogP contribution in [0.1, 0.15) is 37.9 Å². The SMILES string of the molecule is O=C1[C@@H]2[C@@H](C(=O)N1CCc1ccccc1)C1(O[C@H]2c2ccccc2)C(=O)c2ccccc2C1=O. The molecule has 0 N–H and O–H groups in total. The lowest BCUT2D eigenvalue weighted by molar-refractivity contribution is -0.144. The van der Waals surface area contributed by atoms with Crippen molar-refractivity contribution in [2.45, 2.75) is 18.1 Å². The maximum absolute atomic E-state index is 13.7. The Bertz CT molecular complexity index is 1300. The zero-order chi connectivity index (χ0) is 23.4. The van der Waals surface area contributed by atoms with E-state index in [1.807, 2.05) is 36.4 Å². The third kappa shape index (κ3) is 2.72. The summed E-state index contributed by atoms with van der Waals surface area (Å²) in [5.74, 6) is -4.10. The quantitative estimate of drug-likeness (QED) is 0.449. The minimum Gasteiger partial charge on any atom is -0.349 e. The Morgan fingerprint density at radius 1 is 0.706 bits per heavy atom. The average Bonchev–Trinajstić information content (AvgIpc) is 3.44. The molecule has 0 bridgehead atoms. The van der Waals surface area contributed by atoms with E-state index in [1.165, 1.54) is 4.90 Å². The predicted molar refractivity (Wildman–Crippen MR) is 122 cm³/mol. The molecule has 0 unspecified atom stereocenters. The Kier molecular flexibility index (Phi) is 4.61. The van der Waals surface area contributed by atoms with Gasteiger partial charge in [0.1, 0.15) is 0 Å². The Labute approximate surface area is 196 Å². The number of ether oxygens (including phenoxy) is 1. The average molecular weight is 451 g/mol. The molecule has 2 fully saturated rings. The van der Waals surface area contributed by atoms with Crippen LogP contribution in [0.5, 0.6) is 0 Å². The minimum atomic E-state index is -2.01. The van der Waals surface area contributed by atoms with E-state index in [0.29, 0.717) is 12.0 Å². The van der Waals surface area contributed by atoms with Gasteiger partial charge in [-0.1, -0.05) is 84.9 Å². The molecule has 2 aliphatic heterocycles. The highest BCUT2D eigenvalue weighted by molar-refractivity contribution is 6.35. The first-order chi connectivity index (χ1) is 16.5. The molecule has 34 heavy (non-hydrogen) atoms. The number of benzene rings is 3. The van der Waals surface area contributed by atoms with Gasteiger partial charge in [-0.2, -0.15) is 0 Å². The lowest BCUT2D eigenvalue weighted by Gasteiger charge is -2.27. The van der Waals surface area contributed by atoms with Crippen molar-refractivity contribution in [2.75, 3.05) is 6.54 Å². The van der Waals surface area contributed by atoms with Crippen LogP contribution in [0, 0.1) is 11.8 Å². The number of ketones is 2. The van der Waals surface area contributed by atoms with Crippen molar-refractivity contribution < 1.29 is 23.9 Å². The van der Waals surface area contributed by atoms with Crippen molar-refractivity contribution in [2.24, 2.45) is 11.8 Å². The van der Waals surface area contributed by atoms with Crippen molar-refractivity contribution in [1.82, 2.24) is 4.90 Å². The second kappa shape index (κ2) is 7.57. The molecule has 2 amide bonds. The number of nitrogens with zero attached hydrogens (tertiary/aromatic N) is 1. The number of amides is 2. The van der Waals surface area contributed by atoms with Crippen LogP contribution in [0.15, 0.2) is 84.9 Å². The van der Waals surface area contributed by atoms with Gasteiger partial charge >= 0.3 is 0 Å². The Morgan fingerprint density at radius 3 is 1.88 bits per heavy atom. The molecule has 3 aromatic carbocycles. The molecule has 6 rings (SSSR count). The third-order valence-corrected chi connectivity index (χ3v) is 7.21. The van der Waals surface area contributed by atoms with Crippen LogP contribution in [0.3, 0.4) is 0 Å². The summed E-state index contributed by atoms with van der Waals surface area (Å²) in [5.41, 5.74) is 0.123. The fourth-order valence-corrected chi connectivity index (χ4v) is 5.63. The maximum Gasteiger partial charge on any atom is 0.237 e. The van der Waals surface area contributed by atoms with Gasteiger partial charge in [-0.05, 0) is 17.5 Å². The van der Waals surface area contributed by atoms with Crippen LogP contribution in [0.4, 0.5) is 0 Å². The van der Waals surface area contributed by atoms with Crippen molar-refractivity contribution in [3.05, 3.63) is 107 Å². The molecular weight excluding hydrogens is 430 g/mol. The van der Waals surface area contributed by atoms with E-state index in [9.17, 15) is 19.2 Å². The van der Waals surface area contributed by atoms with Crippen LogP contribution in [-0.2, 0) is 20.7 Å². The second-order valence-corrected chi connectivity index (χ2v) is 8.96. The fourth-order valence-electron chi connectivity index (χ4n) is 5.63. The standard InChI is InChI=1S/C28H21NO5/c30-24-19-13-7-8-14-20(19)25(31)28(24)22-21(23(34-28)18-11-5-2-6-12-18)26(32)29(27(22)33)16-15-17-9-3-1-4-10-17/h1-14,21-23H,15-16H2/t21-,22+,23+/m1/s1. The molecular formula is C28H21NO5. The Morgan fingerprint density at radius 2 is 1.26 bits per heavy atom. The molecule has 0 radical (unpaired) electrons. The largest absolute Gasteiger partial charge is 0.349 e. The number of carbonyl (C=O) groups excluding carboxylic acids is 4. The van der Waals surface area contributed by atoms with E-state index < -0.39 is 46.9 Å². The first kappa shape index (κ1) is 20.7. The zero-order valence-electron chi connectivity index (χ0n) is 18.2. The van der Waals surface area contributed by atoms with Crippen molar-refractivity contribution in [1.29, 1.82) is 0 Å². The van der Waals surface area contributed by atoms with Gasteiger partial charge in [-0.15, -0.1) is 0 Å². The summed E-state index contributed by atoms with van der Waals surface area (Å²) in [7, 11) is 0. The van der Waals surface area contributed by atoms with Gasteiger partial charge in [0.15, 0.2) is 0 Å². The van der Waals surface area contributed by atoms with Crippen LogP contribution in [0.25, 0.3) is 0 Å². The van der Waals surface area contributed by atoms with E-state index in [1.54, 1.807) is 48.5 Å². The van der Waals surface area contributed by atoms with Crippen LogP contribution in [-0.4, -0.2) is 40.4 Å². The number of hydrogen-bond donors (Lipinski definition) is 0. The molecule has 2 heterocycles. The summed E-state index contributed by atoms with van der Waals surface area (Å²) in [5, 5.41) is 0. The van der Waals surface area contributed by atoms with Gasteiger partial charge in [0.2, 0.25) is 29.0 Å². The van der Waals surface area contributed by atoms with Crippen LogP contribution in [0.2, 0.25) is 0 Å². The zero-order valence-corrected chi connectivity index (χ0v) is 18.2. The molecule has 3 aliphatic rings. The molecule has 3 aromatic rings. The monoisotopic (exact) mass is 451 g/mol. The lowest BCUT2D eigenvalue weighted by Crippen LogP contribution is -2.51. The molecule has 6 heteroatoms. The molecule has 3 atom stereocenters. The molecule has 1 spiro atoms. The van der Waals surface area contributed by atoms with Crippen LogP contribution >= 0.6 is 0 Å². The number of carbonyl (C=O) groups is 4. The summed E-state index contributed by atoms with van der Waals surface area (Å²) in [4.78, 5) is 55.9. The van der Waals surface area contributed by atoms with Gasteiger partial charge in [-0.3, -0.25) is 24.1 Å². The third-order valence-electron chi connectivity index (χ3n) is 7.21. The molecule has 2 saturated heterocycles. The highest BCUT2D eigenvalue weighted by Gasteiger charge is 2.74. The molecule has 0 aromatic heterocycles. The number of likely N-dealkylation sites (tertiary alicyclic amines) is 1. The van der Waals surface area contributed by atoms with E-state index in [2.05, 4.69) is 0 Å². The summed E-state index contributed by atoms with van der Waals surface area (Å²) in [6.45, 7) is 0.182. The first-order valence-corrected chi connectivity index (χ1v) is 11.3. The van der Waals surface area contributed by atoms with Crippen molar-refractivity contribution in [3.8, 4) is 0 Å². The van der Waals surface area contributed by atoms with Gasteiger partial charge in [-0.25, -0.2) is 0 Å². The fraction of sp³-hybridized carbons (Fsp3) is 0.214. The van der Waals surface area contributed by atoms with E-state index in [4.69, 9.17) is 4.74 Å². The number of Topliss-reactive ketones (excluding diaryl/α,β-unsaturated/α-hetero) is 2. The highest BCUT2D eigenvalue weighted by Crippen LogP contribution is 2.57. The van der Waals surface area contributed by atoms with Crippen molar-refractivity contribution >= 4 is 23.4 Å². The molecule has 6 nitrogen and oxygen atoms in total. The predicted octanol–water partition coefficient (Wildman–Crippen LogP) is 3.42.